The molecular formula is C27H28N4O7. The molecule has 4 aromatic rings. The van der Waals surface area contributed by atoms with Gasteiger partial charge in [-0.15, -0.1) is 0 Å². The van der Waals surface area contributed by atoms with Crippen molar-refractivity contribution in [1.82, 2.24) is 14.5 Å². The van der Waals surface area contributed by atoms with E-state index in [-0.39, 0.29) is 18.5 Å². The number of H-pyrrole nitrogens is 2. The number of aromatic hydroxyl groups is 1. The molecule has 0 radical (unpaired) electrons. The molecule has 2 heterocycles. The van der Waals surface area contributed by atoms with Gasteiger partial charge in [0.2, 0.25) is 5.88 Å². The summed E-state index contributed by atoms with van der Waals surface area (Å²) < 4.78 is 16.5. The van der Waals surface area contributed by atoms with Gasteiger partial charge in [-0.1, -0.05) is 24.3 Å². The average Bonchev–Trinajstić information content (AvgIpc) is 3.34. The van der Waals surface area contributed by atoms with Crippen molar-refractivity contribution in [3.8, 4) is 17.4 Å². The largest absolute Gasteiger partial charge is 0.494 e. The van der Waals surface area contributed by atoms with E-state index in [2.05, 4.69) is 15.0 Å². The van der Waals surface area contributed by atoms with Gasteiger partial charge in [-0.3, -0.25) is 19.3 Å². The molecule has 2 aromatic heterocycles. The first kappa shape index (κ1) is 26.3. The molecule has 0 fully saturated rings. The van der Waals surface area contributed by atoms with Gasteiger partial charge in [-0.25, -0.2) is 9.59 Å². The Kier molecular flexibility index (Phi) is 7.95. The van der Waals surface area contributed by atoms with Crippen LogP contribution in [0.2, 0.25) is 0 Å². The molecule has 0 aliphatic rings. The zero-order valence-corrected chi connectivity index (χ0v) is 21.2. The van der Waals surface area contributed by atoms with Crippen LogP contribution in [0.3, 0.4) is 0 Å². The van der Waals surface area contributed by atoms with E-state index in [0.717, 1.165) is 32.8 Å². The maximum absolute atomic E-state index is 12.5. The van der Waals surface area contributed by atoms with Gasteiger partial charge < -0.3 is 24.3 Å². The predicted octanol–water partition coefficient (Wildman–Crippen LogP) is 2.19. The van der Waals surface area contributed by atoms with E-state index in [0.29, 0.717) is 17.9 Å². The lowest BCUT2D eigenvalue weighted by Crippen LogP contribution is -2.33. The molecule has 0 bridgehead atoms. The summed E-state index contributed by atoms with van der Waals surface area (Å²) in [4.78, 5) is 47.1. The number of fused-ring (bicyclic) bond motifs is 1. The normalized spacial score (nSPS) is 12.1. The minimum absolute atomic E-state index is 0.0630. The van der Waals surface area contributed by atoms with Crippen LogP contribution in [0.5, 0.6) is 17.4 Å². The third-order valence-corrected chi connectivity index (χ3v) is 6.22. The number of methoxy groups -OCH3 is 3. The molecule has 11 heteroatoms. The Morgan fingerprint density at radius 3 is 2.61 bits per heavy atom. The predicted molar refractivity (Wildman–Crippen MR) is 142 cm³/mol. The minimum Gasteiger partial charge on any atom is -0.494 e. The van der Waals surface area contributed by atoms with Crippen LogP contribution in [-0.2, 0) is 28.9 Å². The topological polar surface area (TPSA) is 148 Å². The number of aryl methyl sites for hydroxylation is 1. The van der Waals surface area contributed by atoms with Crippen LogP contribution in [0.4, 0.5) is 0 Å². The summed E-state index contributed by atoms with van der Waals surface area (Å²) >= 11 is 0. The van der Waals surface area contributed by atoms with E-state index in [1.807, 2.05) is 30.3 Å². The molecule has 1 atom stereocenters. The fourth-order valence-electron chi connectivity index (χ4n) is 4.18. The quantitative estimate of drug-likeness (QED) is 0.214. The molecule has 198 valence electrons. The Morgan fingerprint density at radius 1 is 1.11 bits per heavy atom. The van der Waals surface area contributed by atoms with Crippen LogP contribution >= 0.6 is 0 Å². The number of nitrogens with one attached hydrogen (secondary N) is 2. The van der Waals surface area contributed by atoms with Crippen molar-refractivity contribution in [2.75, 3.05) is 21.3 Å². The molecule has 0 amide bonds. The van der Waals surface area contributed by atoms with Crippen LogP contribution in [0.25, 0.3) is 10.9 Å². The van der Waals surface area contributed by atoms with Crippen molar-refractivity contribution >= 4 is 23.1 Å². The first-order valence-electron chi connectivity index (χ1n) is 11.8. The fourth-order valence-corrected chi connectivity index (χ4v) is 4.18. The van der Waals surface area contributed by atoms with Crippen LogP contribution in [-0.4, -0.2) is 59.2 Å². The zero-order chi connectivity index (χ0) is 27.2. The van der Waals surface area contributed by atoms with Gasteiger partial charge in [0.1, 0.15) is 5.56 Å². The summed E-state index contributed by atoms with van der Waals surface area (Å²) in [6.07, 6.45) is 3.43. The summed E-state index contributed by atoms with van der Waals surface area (Å²) in [5.41, 5.74) is 0.726. The number of carbonyl (C=O) groups excluding carboxylic acids is 1. The number of carbonyl (C=O) groups is 1. The zero-order valence-electron chi connectivity index (χ0n) is 21.2. The fraction of sp³-hybridized carbons (Fsp3) is 0.259. The third-order valence-electron chi connectivity index (χ3n) is 6.22. The van der Waals surface area contributed by atoms with E-state index in [1.165, 1.54) is 21.3 Å². The molecule has 38 heavy (non-hydrogen) atoms. The summed E-state index contributed by atoms with van der Waals surface area (Å²) in [5.74, 6) is -0.0746. The van der Waals surface area contributed by atoms with Gasteiger partial charge in [0.15, 0.2) is 17.5 Å². The highest BCUT2D eigenvalue weighted by Gasteiger charge is 2.21. The molecule has 0 spiro atoms. The van der Waals surface area contributed by atoms with Gasteiger partial charge in [0.25, 0.3) is 5.56 Å². The van der Waals surface area contributed by atoms with Crippen molar-refractivity contribution in [1.29, 1.82) is 0 Å². The van der Waals surface area contributed by atoms with Gasteiger partial charge in [-0.05, 0) is 35.7 Å². The number of benzene rings is 2. The van der Waals surface area contributed by atoms with Crippen LogP contribution < -0.4 is 20.7 Å². The number of nitrogens with zero attached hydrogens (tertiary/aromatic N) is 2. The summed E-state index contributed by atoms with van der Waals surface area (Å²) in [7, 11) is 4.30. The van der Waals surface area contributed by atoms with Gasteiger partial charge in [0.05, 0.1) is 21.3 Å². The van der Waals surface area contributed by atoms with Crippen molar-refractivity contribution in [2.45, 2.75) is 25.4 Å². The second-order valence-corrected chi connectivity index (χ2v) is 8.47. The second kappa shape index (κ2) is 11.5. The molecule has 11 nitrogen and oxygen atoms in total. The van der Waals surface area contributed by atoms with E-state index in [4.69, 9.17) is 14.2 Å². The maximum Gasteiger partial charge on any atom is 0.331 e. The number of aromatic amines is 2. The molecule has 0 saturated heterocycles. The Bertz CT molecular complexity index is 1600. The average molecular weight is 521 g/mol. The van der Waals surface area contributed by atoms with Crippen LogP contribution in [0, 0.1) is 0 Å². The molecule has 0 saturated carbocycles. The maximum atomic E-state index is 12.5. The van der Waals surface area contributed by atoms with Crippen molar-refractivity contribution in [3.63, 3.8) is 0 Å². The Hall–Kier alpha value is -4.80. The highest BCUT2D eigenvalue weighted by atomic mass is 16.5. The SMILES string of the molecule is COC(=O)C(Cc1c[nH]c2ccccc12)N=Cc1c(O)n(CCc2ccc(OC)c(OC)c2)c(=O)[nH]c1=O. The smallest absolute Gasteiger partial charge is 0.331 e. The number of para-hydroxylation sites is 1. The lowest BCUT2D eigenvalue weighted by molar-refractivity contribution is -0.142. The Morgan fingerprint density at radius 2 is 1.87 bits per heavy atom. The molecule has 2 aromatic carbocycles. The highest BCUT2D eigenvalue weighted by molar-refractivity contribution is 5.87. The molecule has 0 aliphatic heterocycles. The van der Waals surface area contributed by atoms with Crippen molar-refractivity contribution in [2.24, 2.45) is 4.99 Å². The number of aliphatic imine (C=N–C) groups is 1. The van der Waals surface area contributed by atoms with E-state index < -0.39 is 29.1 Å². The van der Waals surface area contributed by atoms with E-state index >= 15 is 0 Å². The van der Waals surface area contributed by atoms with Crippen LogP contribution in [0.1, 0.15) is 16.7 Å². The third kappa shape index (κ3) is 5.46. The number of rotatable bonds is 10. The van der Waals surface area contributed by atoms with Crippen molar-refractivity contribution < 1.29 is 24.1 Å². The number of aromatic nitrogens is 3. The molecule has 4 rings (SSSR count). The molecule has 0 aliphatic carbocycles. The number of ether oxygens (including phenoxy) is 3. The highest BCUT2D eigenvalue weighted by Crippen LogP contribution is 2.28. The summed E-state index contributed by atoms with van der Waals surface area (Å²) in [6, 6.07) is 12.0. The first-order valence-corrected chi connectivity index (χ1v) is 11.8. The number of hydrogen-bond donors (Lipinski definition) is 3. The molecule has 1 unspecified atom stereocenters. The monoisotopic (exact) mass is 520 g/mol. The Balaban J connectivity index is 1.60. The van der Waals surface area contributed by atoms with E-state index in [9.17, 15) is 19.5 Å². The molecular weight excluding hydrogens is 492 g/mol. The van der Waals surface area contributed by atoms with E-state index in [1.54, 1.807) is 18.3 Å². The van der Waals surface area contributed by atoms with Gasteiger partial charge in [0, 0.05) is 36.3 Å². The second-order valence-electron chi connectivity index (χ2n) is 8.47. The van der Waals surface area contributed by atoms with Gasteiger partial charge in [-0.2, -0.15) is 0 Å². The minimum atomic E-state index is -0.981. The number of hydrogen-bond acceptors (Lipinski definition) is 8. The van der Waals surface area contributed by atoms with Crippen LogP contribution in [0.15, 0.2) is 63.2 Å². The summed E-state index contributed by atoms with van der Waals surface area (Å²) in [6.45, 7) is 0.0630. The molecule has 3 N–H and O–H groups in total. The number of esters is 1. The van der Waals surface area contributed by atoms with Gasteiger partial charge >= 0.3 is 11.7 Å². The Labute approximate surface area is 217 Å². The first-order chi connectivity index (χ1) is 18.4. The lowest BCUT2D eigenvalue weighted by Gasteiger charge is -2.12. The summed E-state index contributed by atoms with van der Waals surface area (Å²) in [5, 5.41) is 11.7. The standard InChI is InChI=1S/C27H28N4O7/c1-36-22-9-8-16(12-23(22)37-2)10-11-31-25(33)19(24(32)30-27(31)35)15-29-21(26(34)38-3)13-17-14-28-20-7-5-4-6-18(17)20/h4-9,12,14-15,21,28,33H,10-11,13H2,1-3H3,(H,30,32,35). The lowest BCUT2D eigenvalue weighted by atomic mass is 10.1. The van der Waals surface area contributed by atoms with Crippen molar-refractivity contribution in [3.05, 3.63) is 86.2 Å².